The van der Waals surface area contributed by atoms with Crippen molar-refractivity contribution < 1.29 is 31.1 Å². The van der Waals surface area contributed by atoms with Crippen LogP contribution in [0.25, 0.3) is 0 Å². The molecule has 0 saturated heterocycles. The summed E-state index contributed by atoms with van der Waals surface area (Å²) in [7, 11) is -3.43. The SMILES string of the molecule is NS(=O)(=O)CCCCCOc1ccc(OC(F)(F)F)cc1. The lowest BCUT2D eigenvalue weighted by atomic mass is 10.2. The van der Waals surface area contributed by atoms with E-state index in [1.54, 1.807) is 0 Å². The minimum Gasteiger partial charge on any atom is -0.494 e. The van der Waals surface area contributed by atoms with Crippen molar-refractivity contribution in [3.8, 4) is 11.5 Å². The van der Waals surface area contributed by atoms with E-state index in [0.29, 0.717) is 31.6 Å². The number of hydrogen-bond acceptors (Lipinski definition) is 4. The Morgan fingerprint density at radius 2 is 1.57 bits per heavy atom. The highest BCUT2D eigenvalue weighted by Crippen LogP contribution is 2.24. The summed E-state index contributed by atoms with van der Waals surface area (Å²) in [6.45, 7) is 0.337. The van der Waals surface area contributed by atoms with Gasteiger partial charge in [-0.1, -0.05) is 0 Å². The first kappa shape index (κ1) is 17.6. The van der Waals surface area contributed by atoms with Gasteiger partial charge in [-0.25, -0.2) is 13.6 Å². The van der Waals surface area contributed by atoms with Gasteiger partial charge in [0.1, 0.15) is 11.5 Å². The summed E-state index contributed by atoms with van der Waals surface area (Å²) in [5.74, 6) is 0.0233. The molecule has 0 spiro atoms. The van der Waals surface area contributed by atoms with Gasteiger partial charge in [0.05, 0.1) is 12.4 Å². The van der Waals surface area contributed by atoms with Gasteiger partial charge in [0.15, 0.2) is 0 Å². The summed E-state index contributed by atoms with van der Waals surface area (Å²) in [4.78, 5) is 0. The summed E-state index contributed by atoms with van der Waals surface area (Å²) in [6.07, 6.45) is -3.02. The number of unbranched alkanes of at least 4 members (excludes halogenated alkanes) is 2. The molecule has 0 bridgehead atoms. The van der Waals surface area contributed by atoms with E-state index in [9.17, 15) is 21.6 Å². The fourth-order valence-electron chi connectivity index (χ4n) is 1.51. The molecule has 2 N–H and O–H groups in total. The number of ether oxygens (including phenoxy) is 2. The van der Waals surface area contributed by atoms with Crippen LogP contribution in [-0.4, -0.2) is 27.1 Å². The molecule has 120 valence electrons. The van der Waals surface area contributed by atoms with Gasteiger partial charge >= 0.3 is 6.36 Å². The van der Waals surface area contributed by atoms with E-state index in [-0.39, 0.29) is 11.5 Å². The van der Waals surface area contributed by atoms with Gasteiger partial charge in [-0.15, -0.1) is 13.2 Å². The maximum Gasteiger partial charge on any atom is 0.573 e. The van der Waals surface area contributed by atoms with E-state index in [2.05, 4.69) is 4.74 Å². The van der Waals surface area contributed by atoms with Crippen LogP contribution in [0.15, 0.2) is 24.3 Å². The van der Waals surface area contributed by atoms with Crippen LogP contribution >= 0.6 is 0 Å². The Labute approximate surface area is 120 Å². The second-order valence-corrected chi connectivity index (χ2v) is 6.03. The molecule has 0 aliphatic heterocycles. The molecule has 1 aromatic carbocycles. The Morgan fingerprint density at radius 3 is 2.10 bits per heavy atom. The van der Waals surface area contributed by atoms with Crippen LogP contribution in [0.2, 0.25) is 0 Å². The molecule has 21 heavy (non-hydrogen) atoms. The van der Waals surface area contributed by atoms with Crippen molar-refractivity contribution in [2.75, 3.05) is 12.4 Å². The fraction of sp³-hybridized carbons (Fsp3) is 0.500. The highest BCUT2D eigenvalue weighted by atomic mass is 32.2. The van der Waals surface area contributed by atoms with Gasteiger partial charge in [-0.05, 0) is 43.5 Å². The first-order valence-corrected chi connectivity index (χ1v) is 7.86. The van der Waals surface area contributed by atoms with Crippen LogP contribution in [0.1, 0.15) is 19.3 Å². The molecular weight excluding hydrogens is 311 g/mol. The van der Waals surface area contributed by atoms with Gasteiger partial charge in [0.25, 0.3) is 0 Å². The van der Waals surface area contributed by atoms with E-state index < -0.39 is 16.4 Å². The minimum atomic E-state index is -4.72. The number of nitrogens with two attached hydrogens (primary N) is 1. The van der Waals surface area contributed by atoms with Gasteiger partial charge in [0, 0.05) is 0 Å². The quantitative estimate of drug-likeness (QED) is 0.744. The lowest BCUT2D eigenvalue weighted by molar-refractivity contribution is -0.274. The van der Waals surface area contributed by atoms with E-state index >= 15 is 0 Å². The molecule has 0 amide bonds. The number of primary sulfonamides is 1. The molecule has 5 nitrogen and oxygen atoms in total. The van der Waals surface area contributed by atoms with Crippen molar-refractivity contribution in [3.63, 3.8) is 0 Å². The fourth-order valence-corrected chi connectivity index (χ4v) is 2.12. The summed E-state index contributed by atoms with van der Waals surface area (Å²) in [6, 6.07) is 5.05. The van der Waals surface area contributed by atoms with Gasteiger partial charge in [-0.2, -0.15) is 0 Å². The third-order valence-corrected chi connectivity index (χ3v) is 3.26. The maximum atomic E-state index is 11.9. The van der Waals surface area contributed by atoms with Crippen molar-refractivity contribution in [1.82, 2.24) is 0 Å². The van der Waals surface area contributed by atoms with E-state index in [1.165, 1.54) is 12.1 Å². The van der Waals surface area contributed by atoms with E-state index in [4.69, 9.17) is 9.88 Å². The number of benzene rings is 1. The Morgan fingerprint density at radius 1 is 1.00 bits per heavy atom. The summed E-state index contributed by atoms with van der Waals surface area (Å²) in [5, 5.41) is 4.85. The molecule has 1 aromatic rings. The molecule has 0 heterocycles. The van der Waals surface area contributed by atoms with Crippen molar-refractivity contribution >= 4 is 10.0 Å². The first-order valence-electron chi connectivity index (χ1n) is 6.15. The molecular formula is C12H16F3NO4S. The van der Waals surface area contributed by atoms with Crippen molar-refractivity contribution in [1.29, 1.82) is 0 Å². The number of hydrogen-bond donors (Lipinski definition) is 1. The minimum absolute atomic E-state index is 0.0729. The van der Waals surface area contributed by atoms with Crippen LogP contribution in [0.3, 0.4) is 0 Å². The highest BCUT2D eigenvalue weighted by Gasteiger charge is 2.30. The molecule has 0 fully saturated rings. The number of rotatable bonds is 8. The van der Waals surface area contributed by atoms with Crippen molar-refractivity contribution in [2.45, 2.75) is 25.6 Å². The molecule has 0 unspecified atom stereocenters. The maximum absolute atomic E-state index is 11.9. The Bertz CT molecular complexity index is 528. The topological polar surface area (TPSA) is 78.6 Å². The number of alkyl halides is 3. The highest BCUT2D eigenvalue weighted by molar-refractivity contribution is 7.89. The summed E-state index contributed by atoms with van der Waals surface area (Å²) < 4.78 is 66.2. The predicted molar refractivity (Wildman–Crippen MR) is 70.4 cm³/mol. The lowest BCUT2D eigenvalue weighted by Gasteiger charge is -2.10. The average Bonchev–Trinajstić information content (AvgIpc) is 2.32. The first-order chi connectivity index (χ1) is 9.66. The summed E-state index contributed by atoms with van der Waals surface area (Å²) >= 11 is 0. The number of sulfonamides is 1. The third kappa shape index (κ3) is 9.14. The molecule has 9 heteroatoms. The van der Waals surface area contributed by atoms with Crippen molar-refractivity contribution in [3.05, 3.63) is 24.3 Å². The predicted octanol–water partition coefficient (Wildman–Crippen LogP) is 2.42. The standard InChI is InChI=1S/C12H16F3NO4S/c13-12(14,15)20-11-6-4-10(5-7-11)19-8-2-1-3-9-21(16,17)18/h4-7H,1-3,8-9H2,(H2,16,17,18). The molecule has 0 aliphatic carbocycles. The van der Waals surface area contributed by atoms with E-state index in [0.717, 1.165) is 12.1 Å². The van der Waals surface area contributed by atoms with Gasteiger partial charge in [-0.3, -0.25) is 0 Å². The lowest BCUT2D eigenvalue weighted by Crippen LogP contribution is -2.17. The smallest absolute Gasteiger partial charge is 0.494 e. The van der Waals surface area contributed by atoms with Crippen LogP contribution < -0.4 is 14.6 Å². The van der Waals surface area contributed by atoms with Crippen molar-refractivity contribution in [2.24, 2.45) is 5.14 Å². The van der Waals surface area contributed by atoms with Crippen LogP contribution in [0.5, 0.6) is 11.5 Å². The Kier molecular flexibility index (Phi) is 6.28. The Balaban J connectivity index is 2.24. The van der Waals surface area contributed by atoms with Gasteiger partial charge in [0.2, 0.25) is 10.0 Å². The summed E-state index contributed by atoms with van der Waals surface area (Å²) in [5.41, 5.74) is 0. The third-order valence-electron chi connectivity index (χ3n) is 2.40. The monoisotopic (exact) mass is 327 g/mol. The second kappa shape index (κ2) is 7.51. The van der Waals surface area contributed by atoms with Crippen LogP contribution in [0, 0.1) is 0 Å². The van der Waals surface area contributed by atoms with E-state index in [1.807, 2.05) is 0 Å². The zero-order valence-electron chi connectivity index (χ0n) is 11.1. The molecule has 0 aliphatic rings. The average molecular weight is 327 g/mol. The van der Waals surface area contributed by atoms with Gasteiger partial charge < -0.3 is 9.47 Å². The largest absolute Gasteiger partial charge is 0.573 e. The number of halogens is 3. The molecule has 0 aromatic heterocycles. The normalized spacial score (nSPS) is 12.2. The Hall–Kier alpha value is -1.48. The van der Waals surface area contributed by atoms with Crippen LogP contribution in [-0.2, 0) is 10.0 Å². The molecule has 0 radical (unpaired) electrons. The zero-order valence-corrected chi connectivity index (χ0v) is 11.9. The zero-order chi connectivity index (χ0) is 15.9. The molecule has 1 rings (SSSR count). The molecule has 0 saturated carbocycles. The second-order valence-electron chi connectivity index (χ2n) is 4.30. The molecule has 0 atom stereocenters. The van der Waals surface area contributed by atoms with Crippen LogP contribution in [0.4, 0.5) is 13.2 Å².